The molecule has 0 aliphatic carbocycles. The smallest absolute Gasteiger partial charge is 0.104 e. The molecule has 0 amide bonds. The molecule has 0 aromatic carbocycles. The van der Waals surface area contributed by atoms with Gasteiger partial charge in [0.15, 0.2) is 0 Å². The molecular weight excluding hydrogens is 386 g/mol. The van der Waals surface area contributed by atoms with Gasteiger partial charge >= 0.3 is 0 Å². The Bertz CT molecular complexity index is 294. The summed E-state index contributed by atoms with van der Waals surface area (Å²) in [7, 11) is 4.44. The number of likely N-dealkylation sites (N-methyl/N-ethyl adjacent to an activating group) is 1. The minimum Gasteiger partial charge on any atom is -0.388 e. The number of aliphatic hydroxyl groups excluding tert-OH is 1. The van der Waals surface area contributed by atoms with Crippen molar-refractivity contribution in [1.82, 2.24) is 0 Å². The highest BCUT2D eigenvalue weighted by Gasteiger charge is 2.19. The SMILES string of the molecule is CCCCCCCCCCCCCCCC(Br)CC[N+](C)(C)CC(C)O. The maximum absolute atomic E-state index is 9.56. The van der Waals surface area contributed by atoms with E-state index < -0.39 is 0 Å². The van der Waals surface area contributed by atoms with Gasteiger partial charge in [-0.2, -0.15) is 0 Å². The monoisotopic (exact) mass is 434 g/mol. The molecule has 0 bridgehead atoms. The maximum Gasteiger partial charge on any atom is 0.104 e. The molecule has 158 valence electrons. The summed E-state index contributed by atoms with van der Waals surface area (Å²) in [6.07, 6.45) is 20.8. The van der Waals surface area contributed by atoms with Crippen LogP contribution in [0.4, 0.5) is 0 Å². The molecule has 0 fully saturated rings. The van der Waals surface area contributed by atoms with Crippen molar-refractivity contribution in [2.24, 2.45) is 0 Å². The Morgan fingerprint density at radius 1 is 0.731 bits per heavy atom. The highest BCUT2D eigenvalue weighted by Crippen LogP contribution is 2.18. The second-order valence-electron chi connectivity index (χ2n) is 9.11. The minimum atomic E-state index is -0.208. The number of hydrogen-bond donors (Lipinski definition) is 1. The Hall–Kier alpha value is 0.400. The summed E-state index contributed by atoms with van der Waals surface area (Å²) in [6.45, 7) is 6.16. The molecule has 0 heterocycles. The average molecular weight is 436 g/mol. The van der Waals surface area contributed by atoms with Crippen molar-refractivity contribution in [3.63, 3.8) is 0 Å². The molecule has 0 aliphatic heterocycles. The molecule has 26 heavy (non-hydrogen) atoms. The first-order valence-corrected chi connectivity index (χ1v) is 12.4. The van der Waals surface area contributed by atoms with Crippen molar-refractivity contribution in [2.75, 3.05) is 27.2 Å². The molecule has 0 aromatic rings. The Morgan fingerprint density at radius 3 is 1.58 bits per heavy atom. The zero-order chi connectivity index (χ0) is 19.7. The third-order valence-electron chi connectivity index (χ3n) is 5.43. The van der Waals surface area contributed by atoms with Crippen molar-refractivity contribution < 1.29 is 9.59 Å². The molecule has 0 saturated carbocycles. The number of halogens is 1. The van der Waals surface area contributed by atoms with Gasteiger partial charge in [0.2, 0.25) is 0 Å². The van der Waals surface area contributed by atoms with E-state index in [1.165, 1.54) is 96.3 Å². The first kappa shape index (κ1) is 26.4. The fraction of sp³-hybridized carbons (Fsp3) is 1.00. The molecule has 0 spiro atoms. The van der Waals surface area contributed by atoms with Gasteiger partial charge in [0.05, 0.1) is 20.6 Å². The highest BCUT2D eigenvalue weighted by molar-refractivity contribution is 9.09. The molecule has 2 atom stereocenters. The van der Waals surface area contributed by atoms with Crippen LogP contribution in [0, 0.1) is 0 Å². The summed E-state index contributed by atoms with van der Waals surface area (Å²) in [5.41, 5.74) is 0. The van der Waals surface area contributed by atoms with Gasteiger partial charge in [-0.15, -0.1) is 0 Å². The summed E-state index contributed by atoms with van der Waals surface area (Å²) in [4.78, 5) is 0.640. The summed E-state index contributed by atoms with van der Waals surface area (Å²) < 4.78 is 0.915. The largest absolute Gasteiger partial charge is 0.388 e. The zero-order valence-corrected chi connectivity index (χ0v) is 20.0. The van der Waals surface area contributed by atoms with Gasteiger partial charge in [-0.05, 0) is 13.3 Å². The topological polar surface area (TPSA) is 20.2 Å². The maximum atomic E-state index is 9.56. The van der Waals surface area contributed by atoms with Crippen LogP contribution in [0.3, 0.4) is 0 Å². The summed E-state index contributed by atoms with van der Waals surface area (Å²) in [6, 6.07) is 0. The number of quaternary nitrogens is 1. The minimum absolute atomic E-state index is 0.208. The van der Waals surface area contributed by atoms with Crippen LogP contribution in [0.2, 0.25) is 0 Å². The van der Waals surface area contributed by atoms with Crippen molar-refractivity contribution in [3.8, 4) is 0 Å². The van der Waals surface area contributed by atoms with Gasteiger partial charge in [0, 0.05) is 11.2 Å². The summed E-state index contributed by atoms with van der Waals surface area (Å²) >= 11 is 3.86. The van der Waals surface area contributed by atoms with Crippen LogP contribution in [-0.4, -0.2) is 47.7 Å². The fourth-order valence-corrected chi connectivity index (χ4v) is 4.35. The van der Waals surface area contributed by atoms with Gasteiger partial charge in [0.25, 0.3) is 0 Å². The molecule has 2 nitrogen and oxygen atoms in total. The summed E-state index contributed by atoms with van der Waals surface area (Å²) in [5.74, 6) is 0. The van der Waals surface area contributed by atoms with Crippen molar-refractivity contribution in [2.45, 2.75) is 121 Å². The number of unbranched alkanes of at least 4 members (excludes halogenated alkanes) is 12. The first-order chi connectivity index (χ1) is 12.4. The second-order valence-corrected chi connectivity index (χ2v) is 10.4. The van der Waals surface area contributed by atoms with Crippen LogP contribution in [0.5, 0.6) is 0 Å². The molecule has 3 heteroatoms. The number of nitrogens with zero attached hydrogens (tertiary/aromatic N) is 1. The molecule has 1 N–H and O–H groups in total. The molecule has 0 saturated heterocycles. The van der Waals surface area contributed by atoms with Crippen LogP contribution >= 0.6 is 15.9 Å². The molecule has 0 aliphatic rings. The lowest BCUT2D eigenvalue weighted by Crippen LogP contribution is -2.45. The van der Waals surface area contributed by atoms with Crippen LogP contribution in [0.1, 0.15) is 110 Å². The lowest BCUT2D eigenvalue weighted by Gasteiger charge is -2.31. The van der Waals surface area contributed by atoms with Gasteiger partial charge in [-0.3, -0.25) is 0 Å². The molecule has 0 rings (SSSR count). The van der Waals surface area contributed by atoms with E-state index in [4.69, 9.17) is 0 Å². The standard InChI is InChI=1S/C23H49BrNO/c1-5-6-7-8-9-10-11-12-13-14-15-16-17-18-23(24)19-20-25(3,4)21-22(2)26/h22-23,26H,5-21H2,1-4H3/q+1. The van der Waals surface area contributed by atoms with E-state index in [0.717, 1.165) is 17.6 Å². The lowest BCUT2D eigenvalue weighted by molar-refractivity contribution is -0.893. The van der Waals surface area contributed by atoms with E-state index in [0.29, 0.717) is 4.83 Å². The van der Waals surface area contributed by atoms with E-state index >= 15 is 0 Å². The third-order valence-corrected chi connectivity index (χ3v) is 6.34. The van der Waals surface area contributed by atoms with E-state index in [-0.39, 0.29) is 6.10 Å². The highest BCUT2D eigenvalue weighted by atomic mass is 79.9. The van der Waals surface area contributed by atoms with E-state index in [2.05, 4.69) is 36.9 Å². The van der Waals surface area contributed by atoms with Crippen LogP contribution in [0.25, 0.3) is 0 Å². The lowest BCUT2D eigenvalue weighted by atomic mass is 10.0. The van der Waals surface area contributed by atoms with Crippen LogP contribution < -0.4 is 0 Å². The zero-order valence-electron chi connectivity index (χ0n) is 18.4. The fourth-order valence-electron chi connectivity index (χ4n) is 3.82. The Morgan fingerprint density at radius 2 is 1.15 bits per heavy atom. The van der Waals surface area contributed by atoms with Gasteiger partial charge < -0.3 is 9.59 Å². The van der Waals surface area contributed by atoms with Crippen LogP contribution in [0.15, 0.2) is 0 Å². The number of hydrogen-bond acceptors (Lipinski definition) is 1. The van der Waals surface area contributed by atoms with Crippen LogP contribution in [-0.2, 0) is 0 Å². The number of alkyl halides is 1. The van der Waals surface area contributed by atoms with Gasteiger partial charge in [-0.25, -0.2) is 0 Å². The Labute approximate surface area is 173 Å². The third kappa shape index (κ3) is 19.2. The Balaban J connectivity index is 3.34. The van der Waals surface area contributed by atoms with E-state index in [9.17, 15) is 5.11 Å². The predicted octanol–water partition coefficient (Wildman–Crippen LogP) is 7.08. The normalized spacial score (nSPS) is 14.5. The molecule has 0 radical (unpaired) electrons. The number of aliphatic hydroxyl groups is 1. The first-order valence-electron chi connectivity index (χ1n) is 11.5. The van der Waals surface area contributed by atoms with E-state index in [1.54, 1.807) is 0 Å². The second kappa shape index (κ2) is 17.5. The molecule has 2 unspecified atom stereocenters. The number of rotatable bonds is 19. The van der Waals surface area contributed by atoms with Crippen molar-refractivity contribution >= 4 is 15.9 Å². The Kier molecular flexibility index (Phi) is 17.8. The van der Waals surface area contributed by atoms with Gasteiger partial charge in [0.1, 0.15) is 12.6 Å². The van der Waals surface area contributed by atoms with Gasteiger partial charge in [-0.1, -0.05) is 106 Å². The average Bonchev–Trinajstić information content (AvgIpc) is 2.56. The van der Waals surface area contributed by atoms with Crippen molar-refractivity contribution in [3.05, 3.63) is 0 Å². The quantitative estimate of drug-likeness (QED) is 0.131. The summed E-state index contributed by atoms with van der Waals surface area (Å²) in [5, 5.41) is 9.56. The predicted molar refractivity (Wildman–Crippen MR) is 121 cm³/mol. The molecule has 0 aromatic heterocycles. The molecular formula is C23H49BrNO+. The van der Waals surface area contributed by atoms with Crippen molar-refractivity contribution in [1.29, 1.82) is 0 Å². The van der Waals surface area contributed by atoms with E-state index in [1.807, 2.05) is 6.92 Å².